The number of carboxylic acid groups (broad SMARTS) is 1. The second-order valence-electron chi connectivity index (χ2n) is 6.46. The molecule has 2 aromatic rings. The summed E-state index contributed by atoms with van der Waals surface area (Å²) in [6.45, 7) is 0. The molecule has 0 bridgehead atoms. The summed E-state index contributed by atoms with van der Waals surface area (Å²) in [5.41, 5.74) is 0.693. The molecule has 1 aliphatic rings. The summed E-state index contributed by atoms with van der Waals surface area (Å²) in [6, 6.07) is 12.1. The van der Waals surface area contributed by atoms with Gasteiger partial charge in [0.15, 0.2) is 0 Å². The third kappa shape index (κ3) is 4.81. The minimum absolute atomic E-state index is 0.0614. The number of nitrogens with one attached hydrogen (secondary N) is 2. The van der Waals surface area contributed by atoms with E-state index in [4.69, 9.17) is 0 Å². The standard InChI is InChI=1S/C19H19N3O5/c23-18(20-14-7-8-14)13-6-9-15(17(11-13)22(26)27)21-16(19(24)25)10-12-4-2-1-3-5-12/h1-6,9,11,14,16,21H,7-8,10H2,(H,20,23)(H,24,25)/t16-/m1/s1. The van der Waals surface area contributed by atoms with Crippen LogP contribution in [0.4, 0.5) is 11.4 Å². The van der Waals surface area contributed by atoms with E-state index in [1.54, 1.807) is 24.3 Å². The summed E-state index contributed by atoms with van der Waals surface area (Å²) in [7, 11) is 0. The minimum atomic E-state index is -1.12. The van der Waals surface area contributed by atoms with Crippen molar-refractivity contribution in [2.45, 2.75) is 31.3 Å². The van der Waals surface area contributed by atoms with Crippen molar-refractivity contribution in [1.29, 1.82) is 0 Å². The monoisotopic (exact) mass is 369 g/mol. The maximum Gasteiger partial charge on any atom is 0.326 e. The zero-order chi connectivity index (χ0) is 19.4. The molecule has 0 spiro atoms. The van der Waals surface area contributed by atoms with Gasteiger partial charge in [0.05, 0.1) is 4.92 Å². The van der Waals surface area contributed by atoms with Gasteiger partial charge in [0.1, 0.15) is 11.7 Å². The number of anilines is 1. The molecular formula is C19H19N3O5. The number of carbonyl (C=O) groups is 2. The summed E-state index contributed by atoms with van der Waals surface area (Å²) in [4.78, 5) is 34.5. The molecule has 3 rings (SSSR count). The number of hydrogen-bond acceptors (Lipinski definition) is 5. The van der Waals surface area contributed by atoms with Gasteiger partial charge in [-0.3, -0.25) is 14.9 Å². The Balaban J connectivity index is 1.81. The Kier molecular flexibility index (Phi) is 5.35. The summed E-state index contributed by atoms with van der Waals surface area (Å²) in [6.07, 6.45) is 1.98. The lowest BCUT2D eigenvalue weighted by atomic mass is 10.0. The SMILES string of the molecule is O=C(NC1CC1)c1ccc(N[C@H](Cc2ccccc2)C(=O)O)c([N+](=O)[O-])c1. The number of rotatable bonds is 8. The van der Waals surface area contributed by atoms with Crippen molar-refractivity contribution in [3.8, 4) is 0 Å². The molecule has 1 saturated carbocycles. The molecule has 1 atom stereocenters. The highest BCUT2D eigenvalue weighted by molar-refractivity contribution is 5.96. The van der Waals surface area contributed by atoms with E-state index in [-0.39, 0.29) is 35.3 Å². The highest BCUT2D eigenvalue weighted by atomic mass is 16.6. The Labute approximate surface area is 155 Å². The van der Waals surface area contributed by atoms with Gasteiger partial charge in [-0.15, -0.1) is 0 Å². The van der Waals surface area contributed by atoms with Gasteiger partial charge in [-0.2, -0.15) is 0 Å². The van der Waals surface area contributed by atoms with Crippen molar-refractivity contribution in [3.05, 3.63) is 69.8 Å². The number of amides is 1. The average Bonchev–Trinajstić information content (AvgIpc) is 3.46. The van der Waals surface area contributed by atoms with Crippen LogP contribution in [0, 0.1) is 10.1 Å². The molecule has 8 nitrogen and oxygen atoms in total. The molecule has 0 radical (unpaired) electrons. The third-order valence-electron chi connectivity index (χ3n) is 4.28. The van der Waals surface area contributed by atoms with Crippen molar-refractivity contribution in [1.82, 2.24) is 5.32 Å². The summed E-state index contributed by atoms with van der Waals surface area (Å²) >= 11 is 0. The molecule has 27 heavy (non-hydrogen) atoms. The molecule has 1 aliphatic carbocycles. The lowest BCUT2D eigenvalue weighted by Crippen LogP contribution is -2.32. The first-order valence-electron chi connectivity index (χ1n) is 8.56. The van der Waals surface area contributed by atoms with Gasteiger partial charge in [0.2, 0.25) is 0 Å². The number of nitrogens with zero attached hydrogens (tertiary/aromatic N) is 1. The van der Waals surface area contributed by atoms with Crippen molar-refractivity contribution in [2.75, 3.05) is 5.32 Å². The van der Waals surface area contributed by atoms with Gasteiger partial charge in [-0.25, -0.2) is 4.79 Å². The molecule has 1 fully saturated rings. The number of nitro benzene ring substituents is 1. The molecule has 3 N–H and O–H groups in total. The van der Waals surface area contributed by atoms with E-state index in [2.05, 4.69) is 10.6 Å². The first kappa shape index (κ1) is 18.4. The van der Waals surface area contributed by atoms with Crippen LogP contribution in [0.5, 0.6) is 0 Å². The van der Waals surface area contributed by atoms with Gasteiger partial charge < -0.3 is 15.7 Å². The van der Waals surface area contributed by atoms with Gasteiger partial charge in [0, 0.05) is 24.1 Å². The van der Waals surface area contributed by atoms with Crippen molar-refractivity contribution in [2.24, 2.45) is 0 Å². The molecule has 140 valence electrons. The maximum atomic E-state index is 12.1. The van der Waals surface area contributed by atoms with Gasteiger partial charge in [-0.1, -0.05) is 30.3 Å². The predicted molar refractivity (Wildman–Crippen MR) is 98.8 cm³/mol. The lowest BCUT2D eigenvalue weighted by molar-refractivity contribution is -0.384. The Morgan fingerprint density at radius 1 is 1.19 bits per heavy atom. The summed E-state index contributed by atoms with van der Waals surface area (Å²) in [5.74, 6) is -1.49. The number of aliphatic carboxylic acids is 1. The highest BCUT2D eigenvalue weighted by Crippen LogP contribution is 2.27. The maximum absolute atomic E-state index is 12.1. The van der Waals surface area contributed by atoms with E-state index >= 15 is 0 Å². The Morgan fingerprint density at radius 3 is 2.48 bits per heavy atom. The first-order chi connectivity index (χ1) is 12.9. The van der Waals surface area contributed by atoms with Crippen LogP contribution in [0.3, 0.4) is 0 Å². The van der Waals surface area contributed by atoms with E-state index in [0.717, 1.165) is 18.4 Å². The molecule has 0 saturated heterocycles. The summed E-state index contributed by atoms with van der Waals surface area (Å²) < 4.78 is 0. The fourth-order valence-electron chi connectivity index (χ4n) is 2.68. The second kappa shape index (κ2) is 7.86. The molecular weight excluding hydrogens is 350 g/mol. The van der Waals surface area contributed by atoms with Crippen LogP contribution in [-0.2, 0) is 11.2 Å². The van der Waals surface area contributed by atoms with E-state index in [1.807, 2.05) is 6.07 Å². The number of carbonyl (C=O) groups excluding carboxylic acids is 1. The van der Waals surface area contributed by atoms with Crippen LogP contribution in [-0.4, -0.2) is 34.0 Å². The molecule has 0 heterocycles. The van der Waals surface area contributed by atoms with Crippen LogP contribution < -0.4 is 10.6 Å². The molecule has 0 aliphatic heterocycles. The van der Waals surface area contributed by atoms with Crippen LogP contribution in [0.25, 0.3) is 0 Å². The smallest absolute Gasteiger partial charge is 0.326 e. The van der Waals surface area contributed by atoms with E-state index in [1.165, 1.54) is 18.2 Å². The molecule has 2 aromatic carbocycles. The second-order valence-corrected chi connectivity index (χ2v) is 6.46. The fourth-order valence-corrected chi connectivity index (χ4v) is 2.68. The largest absolute Gasteiger partial charge is 0.480 e. The number of nitro groups is 1. The predicted octanol–water partition coefficient (Wildman–Crippen LogP) is 2.59. The fraction of sp³-hybridized carbons (Fsp3) is 0.263. The van der Waals surface area contributed by atoms with Crippen molar-refractivity contribution >= 4 is 23.3 Å². The van der Waals surface area contributed by atoms with Crippen LogP contribution >= 0.6 is 0 Å². The highest BCUT2D eigenvalue weighted by Gasteiger charge is 2.26. The van der Waals surface area contributed by atoms with Crippen LogP contribution in [0.15, 0.2) is 48.5 Å². The Hall–Kier alpha value is -3.42. The molecule has 1 amide bonds. The lowest BCUT2D eigenvalue weighted by Gasteiger charge is -2.16. The number of benzene rings is 2. The normalized spacial score (nSPS) is 14.2. The number of carboxylic acids is 1. The first-order valence-corrected chi connectivity index (χ1v) is 8.56. The third-order valence-corrected chi connectivity index (χ3v) is 4.28. The van der Waals surface area contributed by atoms with Gasteiger partial charge in [-0.05, 0) is 30.5 Å². The summed E-state index contributed by atoms with van der Waals surface area (Å²) in [5, 5.41) is 26.4. The Bertz CT molecular complexity index is 865. The van der Waals surface area contributed by atoms with Gasteiger partial charge >= 0.3 is 5.97 Å². The van der Waals surface area contributed by atoms with E-state index in [9.17, 15) is 24.8 Å². The quantitative estimate of drug-likeness (QED) is 0.486. The van der Waals surface area contributed by atoms with E-state index in [0.29, 0.717) is 0 Å². The van der Waals surface area contributed by atoms with Crippen molar-refractivity contribution in [3.63, 3.8) is 0 Å². The molecule has 8 heteroatoms. The van der Waals surface area contributed by atoms with E-state index < -0.39 is 16.9 Å². The van der Waals surface area contributed by atoms with Crippen LogP contribution in [0.2, 0.25) is 0 Å². The van der Waals surface area contributed by atoms with Gasteiger partial charge in [0.25, 0.3) is 11.6 Å². The minimum Gasteiger partial charge on any atom is -0.480 e. The molecule has 0 aromatic heterocycles. The molecule has 0 unspecified atom stereocenters. The van der Waals surface area contributed by atoms with Crippen LogP contribution in [0.1, 0.15) is 28.8 Å². The Morgan fingerprint density at radius 2 is 1.89 bits per heavy atom. The topological polar surface area (TPSA) is 122 Å². The zero-order valence-corrected chi connectivity index (χ0v) is 14.4. The average molecular weight is 369 g/mol. The number of hydrogen-bond donors (Lipinski definition) is 3. The van der Waals surface area contributed by atoms with Crippen molar-refractivity contribution < 1.29 is 19.6 Å². The zero-order valence-electron chi connectivity index (χ0n) is 14.4.